The maximum atomic E-state index is 6.00. The minimum Gasteiger partial charge on any atom is -0.382 e. The number of rotatable bonds is 0. The van der Waals surface area contributed by atoms with E-state index in [2.05, 4.69) is 24.4 Å². The lowest BCUT2D eigenvalue weighted by Crippen LogP contribution is -2.29. The Balaban J connectivity index is 2.40. The number of para-hydroxylation sites is 1. The lowest BCUT2D eigenvalue weighted by molar-refractivity contribution is 0.571. The molecule has 0 aliphatic carbocycles. The van der Waals surface area contributed by atoms with Crippen LogP contribution in [0.5, 0.6) is 0 Å². The molecule has 2 rings (SSSR count). The zero-order valence-electron chi connectivity index (χ0n) is 7.25. The quantitative estimate of drug-likeness (QED) is 0.611. The first-order chi connectivity index (χ1) is 5.77. The van der Waals surface area contributed by atoms with Gasteiger partial charge in [0.1, 0.15) is 0 Å². The van der Waals surface area contributed by atoms with E-state index in [-0.39, 0.29) is 6.04 Å². The molecule has 1 aromatic rings. The monoisotopic (exact) mass is 162 g/mol. The van der Waals surface area contributed by atoms with Crippen LogP contribution in [-0.2, 0) is 0 Å². The van der Waals surface area contributed by atoms with Crippen molar-refractivity contribution >= 4 is 5.69 Å². The Bertz CT molecular complexity index is 283. The van der Waals surface area contributed by atoms with Crippen molar-refractivity contribution in [3.05, 3.63) is 29.8 Å². The average molecular weight is 162 g/mol. The molecule has 0 aromatic heterocycles. The number of nitrogens with two attached hydrogens (primary N) is 1. The third kappa shape index (κ3) is 1.18. The highest BCUT2D eigenvalue weighted by molar-refractivity contribution is 5.55. The molecule has 2 atom stereocenters. The number of hydrogen-bond donors (Lipinski definition) is 2. The number of anilines is 1. The molecule has 1 aliphatic rings. The van der Waals surface area contributed by atoms with E-state index in [0.29, 0.717) is 6.04 Å². The van der Waals surface area contributed by atoms with Crippen molar-refractivity contribution in [2.24, 2.45) is 5.73 Å². The lowest BCUT2D eigenvalue weighted by atomic mass is 9.95. The molecular weight excluding hydrogens is 148 g/mol. The number of nitrogens with one attached hydrogen (secondary N) is 1. The molecule has 0 unspecified atom stereocenters. The van der Waals surface area contributed by atoms with E-state index >= 15 is 0 Å². The predicted octanol–water partition coefficient (Wildman–Crippen LogP) is 1.89. The van der Waals surface area contributed by atoms with Crippen molar-refractivity contribution in [2.75, 3.05) is 5.32 Å². The zero-order valence-corrected chi connectivity index (χ0v) is 7.25. The summed E-state index contributed by atoms with van der Waals surface area (Å²) in [6.45, 7) is 2.16. The van der Waals surface area contributed by atoms with E-state index in [1.54, 1.807) is 0 Å². The van der Waals surface area contributed by atoms with Gasteiger partial charge in [0.2, 0.25) is 0 Å². The van der Waals surface area contributed by atoms with Gasteiger partial charge in [0, 0.05) is 17.8 Å². The Labute approximate surface area is 72.8 Å². The van der Waals surface area contributed by atoms with Gasteiger partial charge in [-0.1, -0.05) is 18.2 Å². The van der Waals surface area contributed by atoms with Crippen LogP contribution in [-0.4, -0.2) is 6.04 Å². The van der Waals surface area contributed by atoms with Crippen LogP contribution in [0, 0.1) is 0 Å². The highest BCUT2D eigenvalue weighted by Crippen LogP contribution is 2.29. The number of fused-ring (bicyclic) bond motifs is 1. The highest BCUT2D eigenvalue weighted by atomic mass is 14.9. The summed E-state index contributed by atoms with van der Waals surface area (Å²) in [4.78, 5) is 0. The molecule has 0 saturated carbocycles. The fourth-order valence-electron chi connectivity index (χ4n) is 1.78. The maximum Gasteiger partial charge on any atom is 0.0390 e. The van der Waals surface area contributed by atoms with Crippen LogP contribution in [0.4, 0.5) is 5.69 Å². The van der Waals surface area contributed by atoms with Gasteiger partial charge in [-0.2, -0.15) is 0 Å². The first-order valence-electron chi connectivity index (χ1n) is 4.38. The van der Waals surface area contributed by atoms with Crippen molar-refractivity contribution in [3.63, 3.8) is 0 Å². The highest BCUT2D eigenvalue weighted by Gasteiger charge is 2.19. The van der Waals surface area contributed by atoms with Gasteiger partial charge in [-0.25, -0.2) is 0 Å². The summed E-state index contributed by atoms with van der Waals surface area (Å²) in [6, 6.07) is 8.96. The Morgan fingerprint density at radius 1 is 1.42 bits per heavy atom. The summed E-state index contributed by atoms with van der Waals surface area (Å²) in [5, 5.41) is 3.41. The number of hydrogen-bond acceptors (Lipinski definition) is 2. The summed E-state index contributed by atoms with van der Waals surface area (Å²) < 4.78 is 0. The summed E-state index contributed by atoms with van der Waals surface area (Å²) in [7, 11) is 0. The van der Waals surface area contributed by atoms with Crippen LogP contribution < -0.4 is 11.1 Å². The third-order valence-corrected chi connectivity index (χ3v) is 2.37. The lowest BCUT2D eigenvalue weighted by Gasteiger charge is -2.28. The maximum absolute atomic E-state index is 6.00. The smallest absolute Gasteiger partial charge is 0.0390 e. The Kier molecular flexibility index (Phi) is 1.77. The van der Waals surface area contributed by atoms with Gasteiger partial charge in [-0.15, -0.1) is 0 Å². The van der Waals surface area contributed by atoms with E-state index < -0.39 is 0 Å². The van der Waals surface area contributed by atoms with Crippen molar-refractivity contribution in [1.29, 1.82) is 0 Å². The van der Waals surface area contributed by atoms with Crippen LogP contribution in [0.15, 0.2) is 24.3 Å². The topological polar surface area (TPSA) is 38.0 Å². The minimum absolute atomic E-state index is 0.206. The molecule has 0 radical (unpaired) electrons. The van der Waals surface area contributed by atoms with Gasteiger partial charge in [0.25, 0.3) is 0 Å². The van der Waals surface area contributed by atoms with Crippen molar-refractivity contribution < 1.29 is 0 Å². The molecule has 64 valence electrons. The molecule has 0 fully saturated rings. The Hall–Kier alpha value is -1.02. The molecular formula is C10H14N2. The van der Waals surface area contributed by atoms with E-state index in [9.17, 15) is 0 Å². The van der Waals surface area contributed by atoms with Gasteiger partial charge in [0.05, 0.1) is 0 Å². The first-order valence-corrected chi connectivity index (χ1v) is 4.38. The second kappa shape index (κ2) is 2.79. The zero-order chi connectivity index (χ0) is 8.55. The molecule has 3 N–H and O–H groups in total. The van der Waals surface area contributed by atoms with E-state index in [4.69, 9.17) is 5.73 Å². The summed E-state index contributed by atoms with van der Waals surface area (Å²) in [5.74, 6) is 0. The Morgan fingerprint density at radius 2 is 2.17 bits per heavy atom. The van der Waals surface area contributed by atoms with Gasteiger partial charge in [0.15, 0.2) is 0 Å². The molecule has 1 aromatic carbocycles. The van der Waals surface area contributed by atoms with E-state index in [1.165, 1.54) is 11.3 Å². The summed E-state index contributed by atoms with van der Waals surface area (Å²) >= 11 is 0. The number of benzene rings is 1. The van der Waals surface area contributed by atoms with Crippen molar-refractivity contribution in [2.45, 2.75) is 25.4 Å². The van der Waals surface area contributed by atoms with Gasteiger partial charge in [-0.05, 0) is 25.0 Å². The second-order valence-electron chi connectivity index (χ2n) is 3.47. The largest absolute Gasteiger partial charge is 0.382 e. The fourth-order valence-corrected chi connectivity index (χ4v) is 1.78. The second-order valence-corrected chi connectivity index (χ2v) is 3.47. The third-order valence-electron chi connectivity index (χ3n) is 2.37. The molecule has 2 nitrogen and oxygen atoms in total. The molecule has 2 heteroatoms. The molecule has 0 amide bonds. The van der Waals surface area contributed by atoms with Crippen LogP contribution in [0.25, 0.3) is 0 Å². The molecule has 1 heterocycles. The van der Waals surface area contributed by atoms with Gasteiger partial charge in [-0.3, -0.25) is 0 Å². The standard InChI is InChI=1S/C10H14N2/c1-7-6-9(11)8-4-2-3-5-10(8)12-7/h2-5,7,9,12H,6,11H2,1H3/t7-,9+/m0/s1. The Morgan fingerprint density at radius 3 is 3.00 bits per heavy atom. The van der Waals surface area contributed by atoms with Crippen molar-refractivity contribution in [3.8, 4) is 0 Å². The van der Waals surface area contributed by atoms with Crippen LogP contribution >= 0.6 is 0 Å². The normalized spacial score (nSPS) is 27.5. The first kappa shape index (κ1) is 7.62. The molecule has 12 heavy (non-hydrogen) atoms. The van der Waals surface area contributed by atoms with E-state index in [1.807, 2.05) is 12.1 Å². The molecule has 0 saturated heterocycles. The fraction of sp³-hybridized carbons (Fsp3) is 0.400. The van der Waals surface area contributed by atoms with Crippen LogP contribution in [0.1, 0.15) is 24.9 Å². The average Bonchev–Trinajstić information content (AvgIpc) is 2.04. The SMILES string of the molecule is C[C@H]1C[C@@H](N)c2ccccc2N1. The summed E-state index contributed by atoms with van der Waals surface area (Å²) in [5.41, 5.74) is 8.44. The minimum atomic E-state index is 0.206. The predicted molar refractivity (Wildman–Crippen MR) is 51.1 cm³/mol. The summed E-state index contributed by atoms with van der Waals surface area (Å²) in [6.07, 6.45) is 1.02. The van der Waals surface area contributed by atoms with Gasteiger partial charge >= 0.3 is 0 Å². The molecule has 1 aliphatic heterocycles. The van der Waals surface area contributed by atoms with Gasteiger partial charge < -0.3 is 11.1 Å². The van der Waals surface area contributed by atoms with Crippen LogP contribution in [0.2, 0.25) is 0 Å². The molecule has 0 spiro atoms. The van der Waals surface area contributed by atoms with Crippen LogP contribution in [0.3, 0.4) is 0 Å². The molecule has 0 bridgehead atoms. The van der Waals surface area contributed by atoms with E-state index in [0.717, 1.165) is 6.42 Å². The van der Waals surface area contributed by atoms with Crippen molar-refractivity contribution in [1.82, 2.24) is 0 Å².